The summed E-state index contributed by atoms with van der Waals surface area (Å²) in [5.41, 5.74) is 1.02. The zero-order chi connectivity index (χ0) is 14.3. The van der Waals surface area contributed by atoms with Crippen molar-refractivity contribution in [3.8, 4) is 0 Å². The minimum Gasteiger partial charge on any atom is -0.259 e. The van der Waals surface area contributed by atoms with E-state index in [2.05, 4.69) is 13.5 Å². The van der Waals surface area contributed by atoms with Gasteiger partial charge in [0.15, 0.2) is 0 Å². The smallest absolute Gasteiger partial charge is 0.259 e. The molecular formula is C15H22O3S. The molecule has 0 aliphatic rings. The van der Waals surface area contributed by atoms with Crippen LogP contribution in [0.2, 0.25) is 0 Å². The van der Waals surface area contributed by atoms with Crippen LogP contribution < -0.4 is 0 Å². The van der Waals surface area contributed by atoms with E-state index >= 15 is 0 Å². The van der Waals surface area contributed by atoms with Crippen molar-refractivity contribution in [2.75, 3.05) is 0 Å². The molecule has 0 bridgehead atoms. The molecule has 0 spiro atoms. The molecular weight excluding hydrogens is 260 g/mol. The van der Waals surface area contributed by atoms with Crippen LogP contribution in [0.1, 0.15) is 38.2 Å². The standard InChI is InChI=1S/C15H22O3S/c1-4-6-7-8-14(5-2)18-19(16,17)15-11-9-13(3)10-12-15/h5,9-12,14H,2,4,6-8H2,1,3H3. The summed E-state index contributed by atoms with van der Waals surface area (Å²) in [6.45, 7) is 7.66. The molecule has 1 atom stereocenters. The van der Waals surface area contributed by atoms with E-state index in [-0.39, 0.29) is 4.90 Å². The Bertz CT molecular complexity index is 489. The van der Waals surface area contributed by atoms with Gasteiger partial charge >= 0.3 is 0 Å². The molecule has 0 saturated carbocycles. The summed E-state index contributed by atoms with van der Waals surface area (Å²) in [5, 5.41) is 0. The first-order valence-electron chi connectivity index (χ1n) is 6.62. The Kier molecular flexibility index (Phi) is 6.25. The van der Waals surface area contributed by atoms with Crippen molar-refractivity contribution in [2.24, 2.45) is 0 Å². The van der Waals surface area contributed by atoms with Crippen LogP contribution in [0.4, 0.5) is 0 Å². The Morgan fingerprint density at radius 2 is 1.89 bits per heavy atom. The molecule has 19 heavy (non-hydrogen) atoms. The Morgan fingerprint density at radius 1 is 1.26 bits per heavy atom. The Hall–Kier alpha value is -1.13. The topological polar surface area (TPSA) is 43.4 Å². The molecule has 0 aliphatic heterocycles. The maximum absolute atomic E-state index is 12.1. The third-order valence-corrected chi connectivity index (χ3v) is 4.27. The molecule has 0 saturated heterocycles. The minimum atomic E-state index is -3.70. The molecule has 0 N–H and O–H groups in total. The van der Waals surface area contributed by atoms with E-state index in [1.165, 1.54) is 0 Å². The maximum atomic E-state index is 12.1. The molecule has 1 aromatic carbocycles. The predicted molar refractivity (Wildman–Crippen MR) is 77.6 cm³/mol. The van der Waals surface area contributed by atoms with Gasteiger partial charge in [-0.1, -0.05) is 50.0 Å². The van der Waals surface area contributed by atoms with Gasteiger partial charge in [-0.25, -0.2) is 0 Å². The van der Waals surface area contributed by atoms with E-state index in [9.17, 15) is 8.42 Å². The van der Waals surface area contributed by atoms with Crippen molar-refractivity contribution in [1.82, 2.24) is 0 Å². The highest BCUT2D eigenvalue weighted by atomic mass is 32.2. The molecule has 4 heteroatoms. The Labute approximate surface area is 116 Å². The number of benzene rings is 1. The van der Waals surface area contributed by atoms with Crippen LogP contribution in [0.15, 0.2) is 41.8 Å². The fraction of sp³-hybridized carbons (Fsp3) is 0.467. The maximum Gasteiger partial charge on any atom is 0.297 e. The van der Waals surface area contributed by atoms with Gasteiger partial charge in [0.2, 0.25) is 0 Å². The fourth-order valence-electron chi connectivity index (χ4n) is 1.72. The molecule has 1 rings (SSSR count). The van der Waals surface area contributed by atoms with E-state index < -0.39 is 16.2 Å². The highest BCUT2D eigenvalue weighted by Crippen LogP contribution is 2.18. The van der Waals surface area contributed by atoms with Crippen LogP contribution >= 0.6 is 0 Å². The van der Waals surface area contributed by atoms with Crippen molar-refractivity contribution in [1.29, 1.82) is 0 Å². The van der Waals surface area contributed by atoms with Gasteiger partial charge in [-0.3, -0.25) is 4.18 Å². The highest BCUT2D eigenvalue weighted by Gasteiger charge is 2.19. The summed E-state index contributed by atoms with van der Waals surface area (Å²) >= 11 is 0. The zero-order valence-electron chi connectivity index (χ0n) is 11.6. The number of unbranched alkanes of at least 4 members (excludes halogenated alkanes) is 2. The minimum absolute atomic E-state index is 0.195. The van der Waals surface area contributed by atoms with Gasteiger partial charge in [-0.2, -0.15) is 8.42 Å². The van der Waals surface area contributed by atoms with E-state index in [0.29, 0.717) is 6.42 Å². The summed E-state index contributed by atoms with van der Waals surface area (Å²) in [4.78, 5) is 0.195. The molecule has 3 nitrogen and oxygen atoms in total. The SMILES string of the molecule is C=CC(CCCCC)OS(=O)(=O)c1ccc(C)cc1. The van der Waals surface area contributed by atoms with Crippen LogP contribution in [-0.4, -0.2) is 14.5 Å². The lowest BCUT2D eigenvalue weighted by atomic mass is 10.1. The van der Waals surface area contributed by atoms with Crippen molar-refractivity contribution < 1.29 is 12.6 Å². The van der Waals surface area contributed by atoms with Gasteiger partial charge in [0, 0.05) is 0 Å². The summed E-state index contributed by atoms with van der Waals surface area (Å²) in [6.07, 6.45) is 4.89. The second kappa shape index (κ2) is 7.46. The van der Waals surface area contributed by atoms with Gasteiger partial charge in [0.1, 0.15) is 0 Å². The first kappa shape index (κ1) is 15.9. The molecule has 0 aliphatic carbocycles. The van der Waals surface area contributed by atoms with E-state index in [4.69, 9.17) is 4.18 Å². The molecule has 0 aromatic heterocycles. The van der Waals surface area contributed by atoms with Crippen LogP contribution in [0.25, 0.3) is 0 Å². The molecule has 0 fully saturated rings. The highest BCUT2D eigenvalue weighted by molar-refractivity contribution is 7.86. The average Bonchev–Trinajstić information content (AvgIpc) is 2.38. The summed E-state index contributed by atoms with van der Waals surface area (Å²) < 4.78 is 29.4. The van der Waals surface area contributed by atoms with Crippen molar-refractivity contribution in [3.63, 3.8) is 0 Å². The normalized spacial score (nSPS) is 13.2. The first-order valence-corrected chi connectivity index (χ1v) is 8.03. The Balaban J connectivity index is 2.71. The van der Waals surface area contributed by atoms with Gasteiger partial charge < -0.3 is 0 Å². The third kappa shape index (κ3) is 5.17. The molecule has 0 heterocycles. The van der Waals surface area contributed by atoms with Crippen molar-refractivity contribution in [2.45, 2.75) is 50.5 Å². The fourth-order valence-corrected chi connectivity index (χ4v) is 2.80. The Morgan fingerprint density at radius 3 is 2.42 bits per heavy atom. The lowest BCUT2D eigenvalue weighted by molar-refractivity contribution is 0.240. The van der Waals surface area contributed by atoms with Gasteiger partial charge in [-0.15, -0.1) is 6.58 Å². The largest absolute Gasteiger partial charge is 0.297 e. The number of rotatable bonds is 8. The van der Waals surface area contributed by atoms with Crippen LogP contribution in [0.5, 0.6) is 0 Å². The molecule has 1 aromatic rings. The van der Waals surface area contributed by atoms with Crippen LogP contribution in [-0.2, 0) is 14.3 Å². The third-order valence-electron chi connectivity index (χ3n) is 2.92. The second-order valence-electron chi connectivity index (χ2n) is 4.63. The molecule has 0 radical (unpaired) electrons. The quantitative estimate of drug-likeness (QED) is 0.413. The number of aryl methyl sites for hydroxylation is 1. The molecule has 0 amide bonds. The first-order chi connectivity index (χ1) is 8.99. The van der Waals surface area contributed by atoms with Crippen LogP contribution in [0, 0.1) is 6.92 Å². The second-order valence-corrected chi connectivity index (χ2v) is 6.21. The lowest BCUT2D eigenvalue weighted by Crippen LogP contribution is -2.16. The average molecular weight is 282 g/mol. The van der Waals surface area contributed by atoms with Gasteiger partial charge in [0.25, 0.3) is 10.1 Å². The number of hydrogen-bond donors (Lipinski definition) is 0. The van der Waals surface area contributed by atoms with E-state index in [0.717, 1.165) is 24.8 Å². The van der Waals surface area contributed by atoms with E-state index in [1.807, 2.05) is 6.92 Å². The summed E-state index contributed by atoms with van der Waals surface area (Å²) in [7, 11) is -3.70. The van der Waals surface area contributed by atoms with Crippen molar-refractivity contribution >= 4 is 10.1 Å². The predicted octanol–water partition coefficient (Wildman–Crippen LogP) is 3.84. The van der Waals surface area contributed by atoms with Crippen LogP contribution in [0.3, 0.4) is 0 Å². The number of hydrogen-bond acceptors (Lipinski definition) is 3. The van der Waals surface area contributed by atoms with E-state index in [1.54, 1.807) is 30.3 Å². The zero-order valence-corrected chi connectivity index (χ0v) is 12.4. The van der Waals surface area contributed by atoms with Gasteiger partial charge in [-0.05, 0) is 25.5 Å². The monoisotopic (exact) mass is 282 g/mol. The molecule has 106 valence electrons. The molecule has 1 unspecified atom stereocenters. The summed E-state index contributed by atoms with van der Waals surface area (Å²) in [6, 6.07) is 6.65. The summed E-state index contributed by atoms with van der Waals surface area (Å²) in [5.74, 6) is 0. The lowest BCUT2D eigenvalue weighted by Gasteiger charge is -2.13. The van der Waals surface area contributed by atoms with Gasteiger partial charge in [0.05, 0.1) is 11.0 Å². The van der Waals surface area contributed by atoms with Crippen molar-refractivity contribution in [3.05, 3.63) is 42.5 Å².